The lowest BCUT2D eigenvalue weighted by Crippen LogP contribution is -2.43. The molecule has 1 aliphatic heterocycles. The molecule has 10 heteroatoms. The summed E-state index contributed by atoms with van der Waals surface area (Å²) in [5.74, 6) is 1.45. The summed E-state index contributed by atoms with van der Waals surface area (Å²) in [6.07, 6.45) is 1.47. The Balaban J connectivity index is 1.72. The first kappa shape index (κ1) is 19.8. The van der Waals surface area contributed by atoms with E-state index in [-0.39, 0.29) is 18.4 Å². The Labute approximate surface area is 160 Å². The molecule has 3 rings (SSSR count). The third-order valence-corrected chi connectivity index (χ3v) is 6.58. The molecule has 0 atom stereocenters. The molecule has 3 heterocycles. The van der Waals surface area contributed by atoms with Gasteiger partial charge in [0.1, 0.15) is 11.5 Å². The number of hydrogen-bond acceptors (Lipinski definition) is 7. The fraction of sp³-hybridized carbons (Fsp3) is 0.647. The number of fused-ring (bicyclic) bond motifs is 1. The SMILES string of the molecule is COCCS(=O)(=O)N1CCC(Nc2nc(N(C)C)nc3[nH]c(C)cc23)CC1. The summed E-state index contributed by atoms with van der Waals surface area (Å²) in [5, 5.41) is 4.46. The minimum atomic E-state index is -3.25. The number of ether oxygens (including phenoxy) is 1. The van der Waals surface area contributed by atoms with Gasteiger partial charge in [-0.1, -0.05) is 0 Å². The van der Waals surface area contributed by atoms with Crippen LogP contribution in [0.15, 0.2) is 6.07 Å². The van der Waals surface area contributed by atoms with Gasteiger partial charge in [-0.05, 0) is 25.8 Å². The number of piperidine rings is 1. The van der Waals surface area contributed by atoms with Crippen LogP contribution in [0.3, 0.4) is 0 Å². The molecule has 150 valence electrons. The minimum Gasteiger partial charge on any atom is -0.384 e. The third-order valence-electron chi connectivity index (χ3n) is 4.74. The Morgan fingerprint density at radius 1 is 1.33 bits per heavy atom. The van der Waals surface area contributed by atoms with Gasteiger partial charge in [0.05, 0.1) is 17.7 Å². The third kappa shape index (κ3) is 4.50. The van der Waals surface area contributed by atoms with Gasteiger partial charge in [-0.3, -0.25) is 0 Å². The minimum absolute atomic E-state index is 0.0307. The number of nitrogens with zero attached hydrogens (tertiary/aromatic N) is 4. The Bertz CT molecular complexity index is 887. The molecule has 0 spiro atoms. The van der Waals surface area contributed by atoms with Gasteiger partial charge in [0, 0.05) is 46.0 Å². The maximum Gasteiger partial charge on any atom is 0.228 e. The molecule has 9 nitrogen and oxygen atoms in total. The van der Waals surface area contributed by atoms with Crippen molar-refractivity contribution in [2.75, 3.05) is 56.9 Å². The van der Waals surface area contributed by atoms with E-state index in [1.165, 1.54) is 7.11 Å². The van der Waals surface area contributed by atoms with E-state index in [1.807, 2.05) is 32.0 Å². The average molecular weight is 397 g/mol. The number of anilines is 2. The standard InChI is InChI=1S/C17H28N6O3S/c1-12-11-14-15(18-12)20-17(22(2)3)21-16(14)19-13-5-7-23(8-6-13)27(24,25)10-9-26-4/h11,13H,5-10H2,1-4H3,(H2,18,19,20,21). The van der Waals surface area contributed by atoms with E-state index in [4.69, 9.17) is 4.74 Å². The monoisotopic (exact) mass is 396 g/mol. The quantitative estimate of drug-likeness (QED) is 0.724. The number of methoxy groups -OCH3 is 1. The van der Waals surface area contributed by atoms with E-state index in [1.54, 1.807) is 4.31 Å². The fourth-order valence-corrected chi connectivity index (χ4v) is 4.63. The fourth-order valence-electron chi connectivity index (χ4n) is 3.23. The van der Waals surface area contributed by atoms with Crippen LogP contribution in [0.25, 0.3) is 11.0 Å². The number of aromatic amines is 1. The Morgan fingerprint density at radius 3 is 2.67 bits per heavy atom. The molecule has 2 aromatic rings. The van der Waals surface area contributed by atoms with Crippen molar-refractivity contribution in [2.45, 2.75) is 25.8 Å². The first-order valence-corrected chi connectivity index (χ1v) is 10.7. The summed E-state index contributed by atoms with van der Waals surface area (Å²) in [5.41, 5.74) is 1.82. The Morgan fingerprint density at radius 2 is 2.04 bits per heavy atom. The van der Waals surface area contributed by atoms with E-state index in [2.05, 4.69) is 20.3 Å². The van der Waals surface area contributed by atoms with Crippen LogP contribution in [0, 0.1) is 6.92 Å². The summed E-state index contributed by atoms with van der Waals surface area (Å²) in [6, 6.07) is 2.20. The van der Waals surface area contributed by atoms with E-state index in [9.17, 15) is 8.42 Å². The van der Waals surface area contributed by atoms with Crippen molar-refractivity contribution in [3.63, 3.8) is 0 Å². The zero-order valence-corrected chi connectivity index (χ0v) is 17.1. The van der Waals surface area contributed by atoms with Gasteiger partial charge < -0.3 is 19.9 Å². The molecule has 0 aromatic carbocycles. The van der Waals surface area contributed by atoms with Crippen LogP contribution in [0.5, 0.6) is 0 Å². The molecule has 2 N–H and O–H groups in total. The number of aromatic nitrogens is 3. The summed E-state index contributed by atoms with van der Waals surface area (Å²) >= 11 is 0. The maximum atomic E-state index is 12.3. The number of H-pyrrole nitrogens is 1. The van der Waals surface area contributed by atoms with Crippen molar-refractivity contribution < 1.29 is 13.2 Å². The van der Waals surface area contributed by atoms with Crippen molar-refractivity contribution >= 4 is 32.8 Å². The predicted octanol–water partition coefficient (Wildman–Crippen LogP) is 1.18. The van der Waals surface area contributed by atoms with Gasteiger partial charge in [-0.2, -0.15) is 9.97 Å². The molecule has 1 saturated heterocycles. The smallest absolute Gasteiger partial charge is 0.228 e. The normalized spacial score (nSPS) is 16.7. The number of rotatable bonds is 7. The molecule has 0 saturated carbocycles. The second kappa shape index (κ2) is 7.99. The van der Waals surface area contributed by atoms with Crippen molar-refractivity contribution in [3.8, 4) is 0 Å². The zero-order valence-electron chi connectivity index (χ0n) is 16.3. The van der Waals surface area contributed by atoms with Crippen molar-refractivity contribution in [2.24, 2.45) is 0 Å². The molecule has 27 heavy (non-hydrogen) atoms. The zero-order chi connectivity index (χ0) is 19.6. The molecular formula is C17H28N6O3S. The van der Waals surface area contributed by atoms with Gasteiger partial charge in [-0.25, -0.2) is 12.7 Å². The predicted molar refractivity (Wildman–Crippen MR) is 107 cm³/mol. The number of sulfonamides is 1. The van der Waals surface area contributed by atoms with Crippen LogP contribution in [-0.4, -0.2) is 80.4 Å². The highest BCUT2D eigenvalue weighted by Gasteiger charge is 2.28. The Hall–Kier alpha value is -1.91. The second-order valence-electron chi connectivity index (χ2n) is 7.11. The number of hydrogen-bond donors (Lipinski definition) is 2. The molecule has 0 aliphatic carbocycles. The molecule has 1 fully saturated rings. The highest BCUT2D eigenvalue weighted by atomic mass is 32.2. The first-order chi connectivity index (χ1) is 12.8. The molecule has 2 aromatic heterocycles. The van der Waals surface area contributed by atoms with Crippen LogP contribution in [0.2, 0.25) is 0 Å². The van der Waals surface area contributed by atoms with Crippen LogP contribution in [-0.2, 0) is 14.8 Å². The lowest BCUT2D eigenvalue weighted by molar-refractivity contribution is 0.214. The summed E-state index contributed by atoms with van der Waals surface area (Å²) in [4.78, 5) is 14.3. The molecule has 0 amide bonds. The second-order valence-corrected chi connectivity index (χ2v) is 9.20. The van der Waals surface area contributed by atoms with E-state index in [0.29, 0.717) is 19.0 Å². The van der Waals surface area contributed by atoms with Gasteiger partial charge in [0.15, 0.2) is 0 Å². The topological polar surface area (TPSA) is 103 Å². The van der Waals surface area contributed by atoms with Crippen LogP contribution < -0.4 is 10.2 Å². The molecular weight excluding hydrogens is 368 g/mol. The van der Waals surface area contributed by atoms with Crippen molar-refractivity contribution in [3.05, 3.63) is 11.8 Å². The van der Waals surface area contributed by atoms with Crippen LogP contribution in [0.4, 0.5) is 11.8 Å². The van der Waals surface area contributed by atoms with E-state index < -0.39 is 10.0 Å². The highest BCUT2D eigenvalue weighted by molar-refractivity contribution is 7.89. The van der Waals surface area contributed by atoms with Gasteiger partial charge in [-0.15, -0.1) is 0 Å². The van der Waals surface area contributed by atoms with Crippen molar-refractivity contribution in [1.82, 2.24) is 19.3 Å². The summed E-state index contributed by atoms with van der Waals surface area (Å²) in [6.45, 7) is 3.22. The lowest BCUT2D eigenvalue weighted by atomic mass is 10.1. The number of nitrogens with one attached hydrogen (secondary N) is 2. The maximum absolute atomic E-state index is 12.3. The van der Waals surface area contributed by atoms with E-state index in [0.717, 1.165) is 35.4 Å². The molecule has 0 radical (unpaired) electrons. The molecule has 0 bridgehead atoms. The van der Waals surface area contributed by atoms with Gasteiger partial charge >= 0.3 is 0 Å². The number of aryl methyl sites for hydroxylation is 1. The highest BCUT2D eigenvalue weighted by Crippen LogP contribution is 2.26. The van der Waals surface area contributed by atoms with Crippen molar-refractivity contribution in [1.29, 1.82) is 0 Å². The molecule has 0 unspecified atom stereocenters. The Kier molecular flexibility index (Phi) is 5.87. The van der Waals surface area contributed by atoms with Crippen LogP contribution in [0.1, 0.15) is 18.5 Å². The van der Waals surface area contributed by atoms with Gasteiger partial charge in [0.25, 0.3) is 0 Å². The van der Waals surface area contributed by atoms with E-state index >= 15 is 0 Å². The lowest BCUT2D eigenvalue weighted by Gasteiger charge is -2.32. The molecule has 1 aliphatic rings. The van der Waals surface area contributed by atoms with Gasteiger partial charge in [0.2, 0.25) is 16.0 Å². The largest absolute Gasteiger partial charge is 0.384 e. The average Bonchev–Trinajstić information content (AvgIpc) is 3.01. The first-order valence-electron chi connectivity index (χ1n) is 9.08. The van der Waals surface area contributed by atoms with Crippen LogP contribution >= 0.6 is 0 Å². The summed E-state index contributed by atoms with van der Waals surface area (Å²) < 4.78 is 31.1. The summed E-state index contributed by atoms with van der Waals surface area (Å²) in [7, 11) is 2.08.